The van der Waals surface area contributed by atoms with Crippen LogP contribution in [-0.2, 0) is 0 Å². The van der Waals surface area contributed by atoms with Gasteiger partial charge in [-0.15, -0.1) is 0 Å². The van der Waals surface area contributed by atoms with Crippen molar-refractivity contribution in [1.82, 2.24) is 4.98 Å². The van der Waals surface area contributed by atoms with Crippen molar-refractivity contribution < 1.29 is 9.90 Å². The average Bonchev–Trinajstić information content (AvgIpc) is 2.34. The highest BCUT2D eigenvalue weighted by molar-refractivity contribution is 7.99. The summed E-state index contributed by atoms with van der Waals surface area (Å²) in [5, 5.41) is 10.1. The molecule has 0 aliphatic carbocycles. The van der Waals surface area contributed by atoms with Gasteiger partial charge in [0.25, 0.3) is 0 Å². The zero-order valence-electron chi connectivity index (χ0n) is 9.13. The maximum absolute atomic E-state index is 11.1. The van der Waals surface area contributed by atoms with E-state index in [1.54, 1.807) is 24.3 Å². The van der Waals surface area contributed by atoms with Gasteiger partial charge < -0.3 is 10.8 Å². The van der Waals surface area contributed by atoms with Crippen LogP contribution in [0, 0.1) is 0 Å². The number of carboxylic acid groups (broad SMARTS) is 1. The van der Waals surface area contributed by atoms with E-state index in [1.807, 2.05) is 0 Å². The minimum absolute atomic E-state index is 0.0925. The predicted octanol–water partition coefficient (Wildman–Crippen LogP) is 3.17. The van der Waals surface area contributed by atoms with E-state index >= 15 is 0 Å². The van der Waals surface area contributed by atoms with Crippen LogP contribution in [0.3, 0.4) is 0 Å². The fourth-order valence-electron chi connectivity index (χ4n) is 1.32. The van der Waals surface area contributed by atoms with Crippen molar-refractivity contribution in [1.29, 1.82) is 0 Å². The van der Waals surface area contributed by atoms with Gasteiger partial charge >= 0.3 is 5.97 Å². The Hall–Kier alpha value is -1.72. The van der Waals surface area contributed by atoms with Gasteiger partial charge in [0, 0.05) is 9.92 Å². The molecule has 6 heteroatoms. The summed E-state index contributed by atoms with van der Waals surface area (Å²) in [6.07, 6.45) is 1.44. The highest BCUT2D eigenvalue weighted by Crippen LogP contribution is 2.30. The fraction of sp³-hybridized carbons (Fsp3) is 0. The number of carboxylic acids is 1. The van der Waals surface area contributed by atoms with Gasteiger partial charge in [-0.05, 0) is 30.3 Å². The Morgan fingerprint density at radius 3 is 2.61 bits per heavy atom. The number of nitrogen functional groups attached to an aromatic ring is 1. The summed E-state index contributed by atoms with van der Waals surface area (Å²) in [4.78, 5) is 16.0. The standard InChI is InChI=1S/C12H9ClN2O2S/c13-7-1-3-9(4-2-7)18-11-10(12(16)17)5-8(14)6-15-11/h1-6H,14H2,(H,16,17). The number of carbonyl (C=O) groups is 1. The van der Waals surface area contributed by atoms with Gasteiger partial charge in [-0.3, -0.25) is 0 Å². The molecule has 1 aromatic carbocycles. The summed E-state index contributed by atoms with van der Waals surface area (Å²) in [6, 6.07) is 8.48. The smallest absolute Gasteiger partial charge is 0.338 e. The third kappa shape index (κ3) is 2.94. The lowest BCUT2D eigenvalue weighted by molar-refractivity contribution is 0.0692. The monoisotopic (exact) mass is 280 g/mol. The van der Waals surface area contributed by atoms with Gasteiger partial charge in [0.05, 0.1) is 17.4 Å². The molecule has 0 spiro atoms. The zero-order chi connectivity index (χ0) is 13.1. The van der Waals surface area contributed by atoms with E-state index in [4.69, 9.17) is 22.4 Å². The first-order valence-corrected chi connectivity index (χ1v) is 6.18. The van der Waals surface area contributed by atoms with Gasteiger partial charge in [-0.1, -0.05) is 23.4 Å². The summed E-state index contributed by atoms with van der Waals surface area (Å²) in [5.41, 5.74) is 5.95. The average molecular weight is 281 g/mol. The Labute approximate surface area is 113 Å². The van der Waals surface area contributed by atoms with Crippen molar-refractivity contribution in [2.45, 2.75) is 9.92 Å². The van der Waals surface area contributed by atoms with E-state index in [1.165, 1.54) is 24.0 Å². The second-order valence-electron chi connectivity index (χ2n) is 3.48. The van der Waals surface area contributed by atoms with Crippen LogP contribution in [-0.4, -0.2) is 16.1 Å². The zero-order valence-corrected chi connectivity index (χ0v) is 10.7. The molecule has 18 heavy (non-hydrogen) atoms. The van der Waals surface area contributed by atoms with Crippen molar-refractivity contribution in [2.75, 3.05) is 5.73 Å². The molecular formula is C12H9ClN2O2S. The van der Waals surface area contributed by atoms with Crippen molar-refractivity contribution in [2.24, 2.45) is 0 Å². The molecule has 2 rings (SSSR count). The summed E-state index contributed by atoms with van der Waals surface area (Å²) >= 11 is 7.04. The maximum atomic E-state index is 11.1. The quantitative estimate of drug-likeness (QED) is 0.903. The van der Waals surface area contributed by atoms with E-state index in [9.17, 15) is 4.79 Å². The van der Waals surface area contributed by atoms with Crippen molar-refractivity contribution in [3.8, 4) is 0 Å². The first kappa shape index (κ1) is 12.7. The molecule has 0 atom stereocenters. The van der Waals surface area contributed by atoms with Crippen LogP contribution in [0.5, 0.6) is 0 Å². The summed E-state index contributed by atoms with van der Waals surface area (Å²) in [7, 11) is 0. The third-order valence-corrected chi connectivity index (χ3v) is 3.41. The largest absolute Gasteiger partial charge is 0.478 e. The van der Waals surface area contributed by atoms with Gasteiger partial charge in [0.15, 0.2) is 0 Å². The molecule has 0 aliphatic heterocycles. The topological polar surface area (TPSA) is 76.2 Å². The van der Waals surface area contributed by atoms with Crippen molar-refractivity contribution in [3.05, 3.63) is 47.1 Å². The van der Waals surface area contributed by atoms with E-state index in [-0.39, 0.29) is 5.56 Å². The normalized spacial score (nSPS) is 10.3. The molecule has 3 N–H and O–H groups in total. The van der Waals surface area contributed by atoms with E-state index in [0.29, 0.717) is 15.7 Å². The minimum Gasteiger partial charge on any atom is -0.478 e. The molecule has 4 nitrogen and oxygen atoms in total. The molecule has 1 aromatic heterocycles. The van der Waals surface area contributed by atoms with Crippen LogP contribution in [0.1, 0.15) is 10.4 Å². The summed E-state index contributed by atoms with van der Waals surface area (Å²) in [6.45, 7) is 0. The third-order valence-electron chi connectivity index (χ3n) is 2.13. The van der Waals surface area contributed by atoms with Gasteiger partial charge in [-0.25, -0.2) is 9.78 Å². The summed E-state index contributed by atoms with van der Waals surface area (Å²) in [5.74, 6) is -1.05. The number of benzene rings is 1. The number of aromatic nitrogens is 1. The van der Waals surface area contributed by atoms with E-state index in [0.717, 1.165) is 4.90 Å². The lowest BCUT2D eigenvalue weighted by atomic mass is 10.3. The Morgan fingerprint density at radius 1 is 1.33 bits per heavy atom. The Bertz CT molecular complexity index is 587. The van der Waals surface area contributed by atoms with Crippen LogP contribution >= 0.6 is 23.4 Å². The molecule has 0 saturated heterocycles. The number of nitrogens with zero attached hydrogens (tertiary/aromatic N) is 1. The maximum Gasteiger partial charge on any atom is 0.338 e. The number of aromatic carboxylic acids is 1. The number of nitrogens with two attached hydrogens (primary N) is 1. The molecule has 0 saturated carbocycles. The number of hydrogen-bond donors (Lipinski definition) is 2. The van der Waals surface area contributed by atoms with E-state index in [2.05, 4.69) is 4.98 Å². The minimum atomic E-state index is -1.05. The lowest BCUT2D eigenvalue weighted by Crippen LogP contribution is -2.02. The summed E-state index contributed by atoms with van der Waals surface area (Å²) < 4.78 is 0. The Balaban J connectivity index is 2.34. The molecule has 0 fully saturated rings. The molecule has 1 heterocycles. The number of rotatable bonds is 3. The second-order valence-corrected chi connectivity index (χ2v) is 4.98. The molecule has 0 radical (unpaired) electrons. The molecular weight excluding hydrogens is 272 g/mol. The first-order chi connectivity index (χ1) is 8.56. The number of hydrogen-bond acceptors (Lipinski definition) is 4. The number of halogens is 1. The van der Waals surface area contributed by atoms with Crippen molar-refractivity contribution >= 4 is 35.0 Å². The van der Waals surface area contributed by atoms with Gasteiger partial charge in [0.1, 0.15) is 5.03 Å². The van der Waals surface area contributed by atoms with Gasteiger partial charge in [-0.2, -0.15) is 0 Å². The fourth-order valence-corrected chi connectivity index (χ4v) is 2.30. The van der Waals surface area contributed by atoms with Crippen LogP contribution in [0.25, 0.3) is 0 Å². The Morgan fingerprint density at radius 2 is 2.00 bits per heavy atom. The first-order valence-electron chi connectivity index (χ1n) is 4.98. The molecule has 92 valence electrons. The number of anilines is 1. The predicted molar refractivity (Wildman–Crippen MR) is 71.2 cm³/mol. The van der Waals surface area contributed by atoms with Crippen molar-refractivity contribution in [3.63, 3.8) is 0 Å². The molecule has 0 aliphatic rings. The highest BCUT2D eigenvalue weighted by Gasteiger charge is 2.13. The molecule has 2 aromatic rings. The Kier molecular flexibility index (Phi) is 3.74. The lowest BCUT2D eigenvalue weighted by Gasteiger charge is -2.05. The van der Waals surface area contributed by atoms with Crippen LogP contribution in [0.2, 0.25) is 5.02 Å². The highest BCUT2D eigenvalue weighted by atomic mass is 35.5. The van der Waals surface area contributed by atoms with Crippen LogP contribution < -0.4 is 5.73 Å². The molecule has 0 amide bonds. The van der Waals surface area contributed by atoms with Crippen LogP contribution in [0.15, 0.2) is 46.5 Å². The second kappa shape index (κ2) is 5.29. The van der Waals surface area contributed by atoms with Gasteiger partial charge in [0.2, 0.25) is 0 Å². The molecule has 0 bridgehead atoms. The SMILES string of the molecule is Nc1cnc(Sc2ccc(Cl)cc2)c(C(=O)O)c1. The van der Waals surface area contributed by atoms with E-state index < -0.39 is 5.97 Å². The van der Waals surface area contributed by atoms with Crippen LogP contribution in [0.4, 0.5) is 5.69 Å². The molecule has 0 unspecified atom stereocenters. The number of pyridine rings is 1.